The van der Waals surface area contributed by atoms with E-state index >= 15 is 0 Å². The first-order valence-corrected chi connectivity index (χ1v) is 5.13. The van der Waals surface area contributed by atoms with Crippen LogP contribution in [-0.4, -0.2) is 23.3 Å². The molecule has 2 aliphatic rings. The minimum absolute atomic E-state index is 0.0388. The molecule has 1 saturated heterocycles. The van der Waals surface area contributed by atoms with Gasteiger partial charge in [0.2, 0.25) is 11.8 Å². The quantitative estimate of drug-likeness (QED) is 0.572. The molecule has 13 heavy (non-hydrogen) atoms. The highest BCUT2D eigenvalue weighted by molar-refractivity contribution is 5.97. The molecule has 0 bridgehead atoms. The van der Waals surface area contributed by atoms with E-state index in [-0.39, 0.29) is 17.7 Å². The fourth-order valence-corrected chi connectivity index (χ4v) is 2.27. The average Bonchev–Trinajstić information content (AvgIpc) is 2.72. The first kappa shape index (κ1) is 8.73. The van der Waals surface area contributed by atoms with E-state index in [0.717, 1.165) is 32.1 Å². The van der Waals surface area contributed by atoms with Crippen LogP contribution in [-0.2, 0) is 9.59 Å². The van der Waals surface area contributed by atoms with Crippen LogP contribution in [0.4, 0.5) is 0 Å². The van der Waals surface area contributed by atoms with Crippen LogP contribution < -0.4 is 0 Å². The number of likely N-dealkylation sites (tertiary alicyclic amines) is 1. The van der Waals surface area contributed by atoms with E-state index in [9.17, 15) is 9.59 Å². The summed E-state index contributed by atoms with van der Waals surface area (Å²) in [5.41, 5.74) is 0. The second-order valence-corrected chi connectivity index (χ2v) is 3.97. The molecule has 0 aromatic carbocycles. The third-order valence-corrected chi connectivity index (χ3v) is 3.04. The third kappa shape index (κ3) is 1.60. The highest BCUT2D eigenvalue weighted by Crippen LogP contribution is 2.27. The van der Waals surface area contributed by atoms with Gasteiger partial charge in [0.05, 0.1) is 0 Å². The highest BCUT2D eigenvalue weighted by atomic mass is 16.2. The lowest BCUT2D eigenvalue weighted by Crippen LogP contribution is -2.35. The molecule has 2 fully saturated rings. The summed E-state index contributed by atoms with van der Waals surface area (Å²) in [5.74, 6) is 0.291. The van der Waals surface area contributed by atoms with Crippen LogP contribution in [0, 0.1) is 5.92 Å². The van der Waals surface area contributed by atoms with Crippen molar-refractivity contribution in [1.82, 2.24) is 4.90 Å². The molecule has 0 unspecified atom stereocenters. The molecule has 2 rings (SSSR count). The maximum absolute atomic E-state index is 11.8. The van der Waals surface area contributed by atoms with Crippen LogP contribution in [0.25, 0.3) is 0 Å². The summed E-state index contributed by atoms with van der Waals surface area (Å²) in [6.45, 7) is 0.661. The highest BCUT2D eigenvalue weighted by Gasteiger charge is 2.32. The van der Waals surface area contributed by atoms with Crippen molar-refractivity contribution < 1.29 is 9.59 Å². The number of hydrogen-bond acceptors (Lipinski definition) is 2. The van der Waals surface area contributed by atoms with Crippen molar-refractivity contribution in [3.05, 3.63) is 0 Å². The van der Waals surface area contributed by atoms with E-state index in [1.165, 1.54) is 4.90 Å². The lowest BCUT2D eigenvalue weighted by atomic mass is 10.1. The predicted molar refractivity (Wildman–Crippen MR) is 47.9 cm³/mol. The number of hydrogen-bond donors (Lipinski definition) is 0. The molecule has 1 heterocycles. The molecule has 0 N–H and O–H groups in total. The van der Waals surface area contributed by atoms with Gasteiger partial charge in [-0.1, -0.05) is 12.8 Å². The summed E-state index contributed by atoms with van der Waals surface area (Å²) in [6.07, 6.45) is 5.71. The molecule has 1 aliphatic heterocycles. The Bertz CT molecular complexity index is 231. The van der Waals surface area contributed by atoms with Gasteiger partial charge >= 0.3 is 0 Å². The van der Waals surface area contributed by atoms with E-state index < -0.39 is 0 Å². The predicted octanol–water partition coefficient (Wildman–Crippen LogP) is 1.33. The van der Waals surface area contributed by atoms with E-state index in [0.29, 0.717) is 13.0 Å². The second-order valence-electron chi connectivity index (χ2n) is 3.97. The third-order valence-electron chi connectivity index (χ3n) is 3.04. The Hall–Kier alpha value is -0.860. The minimum atomic E-state index is 0.0388. The van der Waals surface area contributed by atoms with Gasteiger partial charge in [-0.3, -0.25) is 14.5 Å². The molecule has 1 aliphatic carbocycles. The molecule has 0 radical (unpaired) electrons. The molecule has 0 atom stereocenters. The molecule has 1 saturated carbocycles. The zero-order valence-corrected chi connectivity index (χ0v) is 7.79. The lowest BCUT2D eigenvalue weighted by molar-refractivity contribution is -0.144. The topological polar surface area (TPSA) is 37.4 Å². The monoisotopic (exact) mass is 181 g/mol. The van der Waals surface area contributed by atoms with Crippen molar-refractivity contribution in [3.8, 4) is 0 Å². The van der Waals surface area contributed by atoms with Gasteiger partial charge in [-0.05, 0) is 19.3 Å². The van der Waals surface area contributed by atoms with E-state index in [2.05, 4.69) is 0 Å². The standard InChI is InChI=1S/C10H15NO2/c12-9-6-3-7-11(9)10(13)8-4-1-2-5-8/h8H,1-7H2. The van der Waals surface area contributed by atoms with Crippen LogP contribution in [0.5, 0.6) is 0 Å². The van der Waals surface area contributed by atoms with Gasteiger partial charge < -0.3 is 0 Å². The van der Waals surface area contributed by atoms with Crippen molar-refractivity contribution in [2.45, 2.75) is 38.5 Å². The van der Waals surface area contributed by atoms with Crippen molar-refractivity contribution in [2.75, 3.05) is 6.54 Å². The van der Waals surface area contributed by atoms with Gasteiger partial charge in [-0.25, -0.2) is 0 Å². The van der Waals surface area contributed by atoms with Crippen molar-refractivity contribution in [3.63, 3.8) is 0 Å². The van der Waals surface area contributed by atoms with Gasteiger partial charge in [0, 0.05) is 18.9 Å². The molecule has 2 amide bonds. The van der Waals surface area contributed by atoms with E-state index in [1.807, 2.05) is 0 Å². The Morgan fingerprint density at radius 3 is 2.46 bits per heavy atom. The Morgan fingerprint density at radius 2 is 1.92 bits per heavy atom. The van der Waals surface area contributed by atoms with Gasteiger partial charge in [0.1, 0.15) is 0 Å². The van der Waals surface area contributed by atoms with Crippen LogP contribution in [0.15, 0.2) is 0 Å². The summed E-state index contributed by atoms with van der Waals surface area (Å²) in [6, 6.07) is 0. The fraction of sp³-hybridized carbons (Fsp3) is 0.800. The summed E-state index contributed by atoms with van der Waals surface area (Å²) in [4.78, 5) is 24.5. The van der Waals surface area contributed by atoms with Crippen LogP contribution in [0.3, 0.4) is 0 Å². The molecule has 0 aromatic heterocycles. The van der Waals surface area contributed by atoms with Crippen molar-refractivity contribution in [2.24, 2.45) is 5.92 Å². The summed E-state index contributed by atoms with van der Waals surface area (Å²) in [7, 11) is 0. The first-order chi connectivity index (χ1) is 6.29. The fourth-order valence-electron chi connectivity index (χ4n) is 2.27. The number of carbonyl (C=O) groups is 2. The first-order valence-electron chi connectivity index (χ1n) is 5.13. The molecule has 72 valence electrons. The smallest absolute Gasteiger partial charge is 0.232 e. The van der Waals surface area contributed by atoms with E-state index in [4.69, 9.17) is 0 Å². The van der Waals surface area contributed by atoms with Crippen LogP contribution in [0.2, 0.25) is 0 Å². The van der Waals surface area contributed by atoms with Gasteiger partial charge in [-0.15, -0.1) is 0 Å². The Kier molecular flexibility index (Phi) is 2.34. The largest absolute Gasteiger partial charge is 0.282 e. The molecule has 3 nitrogen and oxygen atoms in total. The van der Waals surface area contributed by atoms with Gasteiger partial charge in [-0.2, -0.15) is 0 Å². The maximum Gasteiger partial charge on any atom is 0.232 e. The Morgan fingerprint density at radius 1 is 1.23 bits per heavy atom. The zero-order valence-electron chi connectivity index (χ0n) is 7.79. The maximum atomic E-state index is 11.8. The van der Waals surface area contributed by atoms with Gasteiger partial charge in [0.25, 0.3) is 0 Å². The Labute approximate surface area is 78.1 Å². The van der Waals surface area contributed by atoms with Crippen molar-refractivity contribution >= 4 is 11.8 Å². The molecule has 3 heteroatoms. The number of imide groups is 1. The minimum Gasteiger partial charge on any atom is -0.282 e. The summed E-state index contributed by atoms with van der Waals surface area (Å²) >= 11 is 0. The van der Waals surface area contributed by atoms with Gasteiger partial charge in [0.15, 0.2) is 0 Å². The van der Waals surface area contributed by atoms with Crippen molar-refractivity contribution in [1.29, 1.82) is 0 Å². The molecule has 0 aromatic rings. The number of rotatable bonds is 1. The number of nitrogens with zero attached hydrogens (tertiary/aromatic N) is 1. The van der Waals surface area contributed by atoms with Crippen LogP contribution in [0.1, 0.15) is 38.5 Å². The van der Waals surface area contributed by atoms with E-state index in [1.54, 1.807) is 0 Å². The lowest BCUT2D eigenvalue weighted by Gasteiger charge is -2.17. The summed E-state index contributed by atoms with van der Waals surface area (Å²) < 4.78 is 0. The summed E-state index contributed by atoms with van der Waals surface area (Å²) in [5, 5.41) is 0. The number of carbonyl (C=O) groups excluding carboxylic acids is 2. The molecular weight excluding hydrogens is 166 g/mol. The second kappa shape index (κ2) is 3.48. The Balaban J connectivity index is 1.99. The normalized spacial score (nSPS) is 24.3. The molecular formula is C10H15NO2. The zero-order chi connectivity index (χ0) is 9.26. The van der Waals surface area contributed by atoms with Crippen LogP contribution >= 0.6 is 0 Å². The number of amides is 2. The SMILES string of the molecule is O=C1CCCN1C(=O)C1CCCC1. The average molecular weight is 181 g/mol. The molecule has 0 spiro atoms.